The Bertz CT molecular complexity index is 523. The monoisotopic (exact) mass is 261 g/mol. The minimum atomic E-state index is -3.38. The van der Waals surface area contributed by atoms with Gasteiger partial charge in [-0.25, -0.2) is 8.42 Å². The van der Waals surface area contributed by atoms with Gasteiger partial charge in [-0.2, -0.15) is 0 Å². The summed E-state index contributed by atoms with van der Waals surface area (Å²) in [6.07, 6.45) is 3.13. The average molecular weight is 262 g/mol. The molecule has 0 saturated heterocycles. The summed E-state index contributed by atoms with van der Waals surface area (Å²) >= 11 is 5.94. The third-order valence-corrected chi connectivity index (χ3v) is 3.33. The largest absolute Gasteiger partial charge is 0.508 e. The number of hydrogen-bond acceptors (Lipinski definition) is 3. The molecule has 0 spiro atoms. The highest BCUT2D eigenvalue weighted by atomic mass is 35.5. The molecule has 1 fully saturated rings. The van der Waals surface area contributed by atoms with E-state index in [0.29, 0.717) is 10.9 Å². The van der Waals surface area contributed by atoms with Crippen LogP contribution in [-0.2, 0) is 10.0 Å². The Morgan fingerprint density at radius 3 is 2.56 bits per heavy atom. The summed E-state index contributed by atoms with van der Waals surface area (Å²) in [6.45, 7) is 0. The highest BCUT2D eigenvalue weighted by Crippen LogP contribution is 2.46. The van der Waals surface area contributed by atoms with Gasteiger partial charge in [-0.15, -0.1) is 0 Å². The molecule has 0 unspecified atom stereocenters. The molecule has 88 valence electrons. The van der Waals surface area contributed by atoms with Gasteiger partial charge in [0, 0.05) is 6.07 Å². The molecule has 16 heavy (non-hydrogen) atoms. The number of aromatic hydroxyl groups is 1. The molecule has 1 aliphatic carbocycles. The van der Waals surface area contributed by atoms with E-state index in [4.69, 9.17) is 11.6 Å². The van der Waals surface area contributed by atoms with Crippen molar-refractivity contribution in [2.75, 3.05) is 11.0 Å². The van der Waals surface area contributed by atoms with Crippen LogP contribution < -0.4 is 4.72 Å². The van der Waals surface area contributed by atoms with Gasteiger partial charge in [0.05, 0.1) is 17.0 Å². The molecular weight excluding hydrogens is 250 g/mol. The first-order valence-corrected chi connectivity index (χ1v) is 7.14. The molecule has 1 aromatic carbocycles. The van der Waals surface area contributed by atoms with E-state index in [1.54, 1.807) is 6.07 Å². The molecule has 1 saturated carbocycles. The molecule has 0 aromatic heterocycles. The van der Waals surface area contributed by atoms with Crippen LogP contribution in [0.25, 0.3) is 0 Å². The SMILES string of the molecule is CS(=O)(=O)Nc1cc(O)c(C2CC2)cc1Cl. The van der Waals surface area contributed by atoms with Gasteiger partial charge in [0.2, 0.25) is 10.0 Å². The third-order valence-electron chi connectivity index (χ3n) is 2.43. The Balaban J connectivity index is 2.37. The zero-order valence-electron chi connectivity index (χ0n) is 8.70. The number of phenolic OH excluding ortho intramolecular Hbond substituents is 1. The quantitative estimate of drug-likeness (QED) is 0.877. The molecular formula is C10H12ClNO3S. The van der Waals surface area contributed by atoms with E-state index < -0.39 is 10.0 Å². The van der Waals surface area contributed by atoms with Gasteiger partial charge in [0.25, 0.3) is 0 Å². The maximum atomic E-state index is 11.0. The highest BCUT2D eigenvalue weighted by molar-refractivity contribution is 7.92. The Morgan fingerprint density at radius 1 is 1.44 bits per heavy atom. The molecule has 1 aliphatic rings. The van der Waals surface area contributed by atoms with Crippen molar-refractivity contribution in [3.63, 3.8) is 0 Å². The van der Waals surface area contributed by atoms with Crippen molar-refractivity contribution in [3.05, 3.63) is 22.7 Å². The van der Waals surface area contributed by atoms with Gasteiger partial charge >= 0.3 is 0 Å². The van der Waals surface area contributed by atoms with Crippen molar-refractivity contribution in [1.29, 1.82) is 0 Å². The van der Waals surface area contributed by atoms with Crippen molar-refractivity contribution in [2.24, 2.45) is 0 Å². The summed E-state index contributed by atoms with van der Waals surface area (Å²) in [5, 5.41) is 10.0. The first-order chi connectivity index (χ1) is 7.37. The number of hydrogen-bond donors (Lipinski definition) is 2. The molecule has 0 bridgehead atoms. The summed E-state index contributed by atoms with van der Waals surface area (Å²) in [6, 6.07) is 2.99. The number of rotatable bonds is 3. The van der Waals surface area contributed by atoms with Crippen LogP contribution in [0.15, 0.2) is 12.1 Å². The summed E-state index contributed by atoms with van der Waals surface area (Å²) < 4.78 is 24.3. The van der Waals surface area contributed by atoms with E-state index in [2.05, 4.69) is 4.72 Å². The molecule has 6 heteroatoms. The van der Waals surface area contributed by atoms with Crippen molar-refractivity contribution in [2.45, 2.75) is 18.8 Å². The van der Waals surface area contributed by atoms with Gasteiger partial charge in [-0.3, -0.25) is 4.72 Å². The van der Waals surface area contributed by atoms with Crippen molar-refractivity contribution < 1.29 is 13.5 Å². The topological polar surface area (TPSA) is 66.4 Å². The zero-order chi connectivity index (χ0) is 11.9. The van der Waals surface area contributed by atoms with Crippen LogP contribution in [0, 0.1) is 0 Å². The van der Waals surface area contributed by atoms with Gasteiger partial charge in [-0.1, -0.05) is 11.6 Å². The molecule has 0 amide bonds. The second kappa shape index (κ2) is 3.82. The van der Waals surface area contributed by atoms with Crippen LogP contribution in [0.5, 0.6) is 5.75 Å². The summed E-state index contributed by atoms with van der Waals surface area (Å²) in [7, 11) is -3.38. The number of sulfonamides is 1. The van der Waals surface area contributed by atoms with Crippen LogP contribution in [0.1, 0.15) is 24.3 Å². The van der Waals surface area contributed by atoms with Crippen molar-refractivity contribution in [3.8, 4) is 5.75 Å². The minimum absolute atomic E-state index is 0.0954. The zero-order valence-corrected chi connectivity index (χ0v) is 10.3. The van der Waals surface area contributed by atoms with E-state index in [1.165, 1.54) is 6.07 Å². The van der Waals surface area contributed by atoms with E-state index in [9.17, 15) is 13.5 Å². The third kappa shape index (κ3) is 2.59. The standard InChI is InChI=1S/C10H12ClNO3S/c1-16(14,15)12-9-5-10(13)7(4-8(9)11)6-2-3-6/h4-6,12-13H,2-3H2,1H3. The lowest BCUT2D eigenvalue weighted by Gasteiger charge is -2.10. The minimum Gasteiger partial charge on any atom is -0.508 e. The number of benzene rings is 1. The number of nitrogens with one attached hydrogen (secondary N) is 1. The van der Waals surface area contributed by atoms with E-state index >= 15 is 0 Å². The maximum Gasteiger partial charge on any atom is 0.229 e. The fourth-order valence-electron chi connectivity index (χ4n) is 1.58. The van der Waals surface area contributed by atoms with Crippen LogP contribution in [0.3, 0.4) is 0 Å². The molecule has 0 atom stereocenters. The maximum absolute atomic E-state index is 11.0. The van der Waals surface area contributed by atoms with Crippen molar-refractivity contribution >= 4 is 27.3 Å². The molecule has 2 N–H and O–H groups in total. The average Bonchev–Trinajstić information content (AvgIpc) is 2.91. The predicted molar refractivity (Wildman–Crippen MR) is 63.6 cm³/mol. The van der Waals surface area contributed by atoms with Gasteiger partial charge < -0.3 is 5.11 Å². The van der Waals surface area contributed by atoms with E-state index in [-0.39, 0.29) is 11.4 Å². The second-order valence-corrected chi connectivity index (χ2v) is 6.20. The van der Waals surface area contributed by atoms with Crippen molar-refractivity contribution in [1.82, 2.24) is 0 Å². The summed E-state index contributed by atoms with van der Waals surface area (Å²) in [5.74, 6) is 0.461. The van der Waals surface area contributed by atoms with Crippen LogP contribution in [-0.4, -0.2) is 19.8 Å². The predicted octanol–water partition coefficient (Wildman–Crippen LogP) is 2.29. The molecule has 0 radical (unpaired) electrons. The van der Waals surface area contributed by atoms with Crippen LogP contribution in [0.4, 0.5) is 5.69 Å². The van der Waals surface area contributed by atoms with Crippen LogP contribution in [0.2, 0.25) is 5.02 Å². The van der Waals surface area contributed by atoms with E-state index in [0.717, 1.165) is 24.7 Å². The molecule has 0 heterocycles. The summed E-state index contributed by atoms with van der Waals surface area (Å²) in [5.41, 5.74) is 1.01. The normalized spacial score (nSPS) is 16.1. The van der Waals surface area contributed by atoms with Crippen LogP contribution >= 0.6 is 11.6 Å². The molecule has 0 aliphatic heterocycles. The Morgan fingerprint density at radius 2 is 2.06 bits per heavy atom. The van der Waals surface area contributed by atoms with Gasteiger partial charge in [-0.05, 0) is 30.4 Å². The first-order valence-electron chi connectivity index (χ1n) is 4.87. The smallest absolute Gasteiger partial charge is 0.229 e. The Hall–Kier alpha value is -0.940. The Labute approximate surface area is 99.3 Å². The lowest BCUT2D eigenvalue weighted by molar-refractivity contribution is 0.468. The molecule has 2 rings (SSSR count). The fraction of sp³-hybridized carbons (Fsp3) is 0.400. The molecule has 1 aromatic rings. The first kappa shape index (κ1) is 11.5. The number of halogens is 1. The second-order valence-electron chi connectivity index (χ2n) is 4.04. The van der Waals surface area contributed by atoms with Gasteiger partial charge in [0.1, 0.15) is 5.75 Å². The number of anilines is 1. The lowest BCUT2D eigenvalue weighted by atomic mass is 10.1. The number of phenols is 1. The summed E-state index contributed by atoms with van der Waals surface area (Å²) in [4.78, 5) is 0. The highest BCUT2D eigenvalue weighted by Gasteiger charge is 2.27. The lowest BCUT2D eigenvalue weighted by Crippen LogP contribution is -2.10. The van der Waals surface area contributed by atoms with Gasteiger partial charge in [0.15, 0.2) is 0 Å². The molecule has 4 nitrogen and oxygen atoms in total. The Kier molecular flexibility index (Phi) is 2.75. The van der Waals surface area contributed by atoms with E-state index in [1.807, 2.05) is 0 Å². The fourth-order valence-corrected chi connectivity index (χ4v) is 2.42.